The molecule has 0 aliphatic carbocycles. The van der Waals surface area contributed by atoms with Crippen molar-refractivity contribution in [2.75, 3.05) is 26.3 Å². The van der Waals surface area contributed by atoms with Gasteiger partial charge >= 0.3 is 0 Å². The van der Waals surface area contributed by atoms with Crippen LogP contribution in [0.2, 0.25) is 0 Å². The smallest absolute Gasteiger partial charge is 0.254 e. The molecule has 0 atom stereocenters. The van der Waals surface area contributed by atoms with Crippen LogP contribution >= 0.6 is 0 Å². The van der Waals surface area contributed by atoms with E-state index in [1.165, 1.54) is 0 Å². The maximum atomic E-state index is 12.4. The van der Waals surface area contributed by atoms with Gasteiger partial charge in [-0.25, -0.2) is 4.98 Å². The summed E-state index contributed by atoms with van der Waals surface area (Å²) >= 11 is 0. The van der Waals surface area contributed by atoms with Crippen LogP contribution in [-0.2, 0) is 4.74 Å². The second-order valence-electron chi connectivity index (χ2n) is 5.29. The predicted molar refractivity (Wildman–Crippen MR) is 74.8 cm³/mol. The van der Waals surface area contributed by atoms with Gasteiger partial charge in [0.25, 0.3) is 5.91 Å². The van der Waals surface area contributed by atoms with Gasteiger partial charge in [0.05, 0.1) is 13.2 Å². The highest BCUT2D eigenvalue weighted by atomic mass is 16.5. The monoisotopic (exact) mass is 274 g/mol. The van der Waals surface area contributed by atoms with Crippen LogP contribution in [0.15, 0.2) is 22.6 Å². The number of nitrogens with zero attached hydrogens (tertiary/aromatic N) is 2. The lowest BCUT2D eigenvalue weighted by atomic mass is 10.1. The number of ether oxygens (including phenoxy) is 1. The summed E-state index contributed by atoms with van der Waals surface area (Å²) in [6, 6.07) is 5.43. The van der Waals surface area contributed by atoms with Crippen LogP contribution in [0.3, 0.4) is 0 Å². The number of oxazole rings is 1. The van der Waals surface area contributed by atoms with Gasteiger partial charge in [-0.15, -0.1) is 0 Å². The van der Waals surface area contributed by atoms with Crippen molar-refractivity contribution in [1.82, 2.24) is 9.88 Å². The Hall–Kier alpha value is -1.88. The van der Waals surface area contributed by atoms with E-state index in [1.54, 1.807) is 6.07 Å². The average molecular weight is 274 g/mol. The number of hydrogen-bond acceptors (Lipinski definition) is 4. The van der Waals surface area contributed by atoms with Crippen LogP contribution in [0.25, 0.3) is 11.1 Å². The van der Waals surface area contributed by atoms with Gasteiger partial charge in [0, 0.05) is 24.6 Å². The molecule has 1 aliphatic rings. The average Bonchev–Trinajstić information content (AvgIpc) is 2.90. The molecule has 0 N–H and O–H groups in total. The minimum absolute atomic E-state index is 0.0318. The molecular formula is C15H18N2O3. The first-order valence-electron chi connectivity index (χ1n) is 6.92. The van der Waals surface area contributed by atoms with Crippen LogP contribution in [0, 0.1) is 0 Å². The normalized spacial score (nSPS) is 16.1. The molecule has 0 bridgehead atoms. The topological polar surface area (TPSA) is 55.6 Å². The van der Waals surface area contributed by atoms with Crippen molar-refractivity contribution in [3.05, 3.63) is 29.7 Å². The molecule has 3 rings (SSSR count). The first-order chi connectivity index (χ1) is 9.65. The fourth-order valence-corrected chi connectivity index (χ4v) is 2.27. The van der Waals surface area contributed by atoms with Gasteiger partial charge in [-0.05, 0) is 18.2 Å². The third-order valence-electron chi connectivity index (χ3n) is 3.44. The standard InChI is InChI=1S/C15H18N2O3/c1-10(2)14-16-12-9-11(3-4-13(12)20-14)15(18)17-5-7-19-8-6-17/h3-4,9-10H,5-8H2,1-2H3. The highest BCUT2D eigenvalue weighted by molar-refractivity contribution is 5.97. The third-order valence-corrected chi connectivity index (χ3v) is 3.44. The predicted octanol–water partition coefficient (Wildman–Crippen LogP) is 2.42. The molecule has 5 heteroatoms. The number of fused-ring (bicyclic) bond motifs is 1. The SMILES string of the molecule is CC(C)c1nc2cc(C(=O)N3CCOCC3)ccc2o1. The van der Waals surface area contributed by atoms with E-state index in [4.69, 9.17) is 9.15 Å². The molecule has 0 radical (unpaired) electrons. The van der Waals surface area contributed by atoms with Gasteiger partial charge in [-0.3, -0.25) is 4.79 Å². The van der Waals surface area contributed by atoms with Crippen molar-refractivity contribution in [3.63, 3.8) is 0 Å². The molecule has 1 aliphatic heterocycles. The Bertz CT molecular complexity index is 627. The van der Waals surface area contributed by atoms with E-state index >= 15 is 0 Å². The zero-order valence-corrected chi connectivity index (χ0v) is 11.8. The first kappa shape index (κ1) is 13.1. The van der Waals surface area contributed by atoms with Crippen molar-refractivity contribution in [2.24, 2.45) is 0 Å². The summed E-state index contributed by atoms with van der Waals surface area (Å²) < 4.78 is 10.9. The van der Waals surface area contributed by atoms with Crippen LogP contribution in [-0.4, -0.2) is 42.1 Å². The fourth-order valence-electron chi connectivity index (χ4n) is 2.27. The highest BCUT2D eigenvalue weighted by Gasteiger charge is 2.19. The lowest BCUT2D eigenvalue weighted by Crippen LogP contribution is -2.40. The molecule has 0 unspecified atom stereocenters. The summed E-state index contributed by atoms with van der Waals surface area (Å²) in [7, 11) is 0. The Labute approximate surface area is 117 Å². The molecule has 20 heavy (non-hydrogen) atoms. The minimum atomic E-state index is 0.0318. The number of morpholine rings is 1. The Morgan fingerprint density at radius 1 is 1.30 bits per heavy atom. The summed E-state index contributed by atoms with van der Waals surface area (Å²) in [5.74, 6) is 0.973. The van der Waals surface area contributed by atoms with E-state index < -0.39 is 0 Å². The number of aromatic nitrogens is 1. The molecule has 106 valence electrons. The van der Waals surface area contributed by atoms with Gasteiger partial charge in [0.2, 0.25) is 0 Å². The van der Waals surface area contributed by atoms with Gasteiger partial charge < -0.3 is 14.1 Å². The van der Waals surface area contributed by atoms with Crippen LogP contribution < -0.4 is 0 Å². The molecule has 1 amide bonds. The zero-order valence-electron chi connectivity index (χ0n) is 11.8. The molecule has 2 aromatic rings. The van der Waals surface area contributed by atoms with Crippen LogP contribution in [0.5, 0.6) is 0 Å². The van der Waals surface area contributed by atoms with Crippen LogP contribution in [0.1, 0.15) is 36.0 Å². The summed E-state index contributed by atoms with van der Waals surface area (Å²) in [5.41, 5.74) is 2.13. The Kier molecular flexibility index (Phi) is 3.44. The molecule has 2 heterocycles. The van der Waals surface area contributed by atoms with Crippen LogP contribution in [0.4, 0.5) is 0 Å². The highest BCUT2D eigenvalue weighted by Crippen LogP contribution is 2.22. The van der Waals surface area contributed by atoms with Crippen molar-refractivity contribution in [2.45, 2.75) is 19.8 Å². The number of benzene rings is 1. The van der Waals surface area contributed by atoms with E-state index in [1.807, 2.05) is 30.9 Å². The molecule has 1 fully saturated rings. The number of amides is 1. The summed E-state index contributed by atoms with van der Waals surface area (Å²) in [4.78, 5) is 18.6. The second-order valence-corrected chi connectivity index (χ2v) is 5.29. The molecule has 0 saturated carbocycles. The first-order valence-corrected chi connectivity index (χ1v) is 6.92. The molecule has 1 aromatic carbocycles. The Balaban J connectivity index is 1.89. The van der Waals surface area contributed by atoms with Gasteiger partial charge in [-0.2, -0.15) is 0 Å². The van der Waals surface area contributed by atoms with E-state index in [0.717, 1.165) is 11.1 Å². The second kappa shape index (κ2) is 5.25. The summed E-state index contributed by atoms with van der Waals surface area (Å²) in [6.07, 6.45) is 0. The van der Waals surface area contributed by atoms with Crippen molar-refractivity contribution in [3.8, 4) is 0 Å². The number of rotatable bonds is 2. The molecular weight excluding hydrogens is 256 g/mol. The fraction of sp³-hybridized carbons (Fsp3) is 0.467. The molecule has 5 nitrogen and oxygen atoms in total. The minimum Gasteiger partial charge on any atom is -0.440 e. The lowest BCUT2D eigenvalue weighted by molar-refractivity contribution is 0.0303. The summed E-state index contributed by atoms with van der Waals surface area (Å²) in [6.45, 7) is 6.57. The molecule has 0 spiro atoms. The largest absolute Gasteiger partial charge is 0.440 e. The molecule has 1 aromatic heterocycles. The van der Waals surface area contributed by atoms with E-state index in [0.29, 0.717) is 37.8 Å². The summed E-state index contributed by atoms with van der Waals surface area (Å²) in [5, 5.41) is 0. The maximum absolute atomic E-state index is 12.4. The van der Waals surface area contributed by atoms with Crippen molar-refractivity contribution < 1.29 is 13.9 Å². The number of carbonyl (C=O) groups excluding carboxylic acids is 1. The number of hydrogen-bond donors (Lipinski definition) is 0. The maximum Gasteiger partial charge on any atom is 0.254 e. The van der Waals surface area contributed by atoms with E-state index in [-0.39, 0.29) is 11.8 Å². The Morgan fingerprint density at radius 2 is 2.05 bits per heavy atom. The van der Waals surface area contributed by atoms with E-state index in [2.05, 4.69) is 4.98 Å². The quantitative estimate of drug-likeness (QED) is 0.844. The van der Waals surface area contributed by atoms with Crippen molar-refractivity contribution in [1.29, 1.82) is 0 Å². The third kappa shape index (κ3) is 2.41. The van der Waals surface area contributed by atoms with Crippen molar-refractivity contribution >= 4 is 17.0 Å². The zero-order chi connectivity index (χ0) is 14.1. The van der Waals surface area contributed by atoms with Gasteiger partial charge in [-0.1, -0.05) is 13.8 Å². The lowest BCUT2D eigenvalue weighted by Gasteiger charge is -2.26. The Morgan fingerprint density at radius 3 is 2.75 bits per heavy atom. The number of carbonyl (C=O) groups is 1. The molecule has 1 saturated heterocycles. The van der Waals surface area contributed by atoms with E-state index in [9.17, 15) is 4.79 Å². The van der Waals surface area contributed by atoms with Gasteiger partial charge in [0.15, 0.2) is 11.5 Å². The van der Waals surface area contributed by atoms with Gasteiger partial charge in [0.1, 0.15) is 5.52 Å².